The maximum absolute atomic E-state index is 12.2. The van der Waals surface area contributed by atoms with E-state index in [0.717, 1.165) is 10.4 Å². The van der Waals surface area contributed by atoms with Gasteiger partial charge >= 0.3 is 0 Å². The van der Waals surface area contributed by atoms with Crippen molar-refractivity contribution in [2.75, 3.05) is 6.54 Å². The Morgan fingerprint density at radius 3 is 2.42 bits per heavy atom. The molecule has 0 saturated heterocycles. The third kappa shape index (κ3) is 4.02. The number of nitrogens with two attached hydrogens (primary N) is 1. The molecule has 0 aliphatic heterocycles. The monoisotopic (exact) mass is 304 g/mol. The average molecular weight is 304 g/mol. The molecule has 110 valence electrons. The van der Waals surface area contributed by atoms with Crippen LogP contribution in [0.4, 0.5) is 0 Å². The molecule has 1 heterocycles. The molecule has 0 aliphatic rings. The lowest BCUT2D eigenvalue weighted by atomic mass is 9.81. The van der Waals surface area contributed by atoms with Gasteiger partial charge in [-0.25, -0.2) is 13.1 Å². The van der Waals surface area contributed by atoms with E-state index in [9.17, 15) is 8.42 Å². The Bertz CT molecular complexity index is 531. The van der Waals surface area contributed by atoms with Crippen molar-refractivity contribution in [3.05, 3.63) is 16.5 Å². The molecule has 0 aliphatic carbocycles. The van der Waals surface area contributed by atoms with Crippen LogP contribution in [0.15, 0.2) is 10.3 Å². The Morgan fingerprint density at radius 2 is 2.00 bits per heavy atom. The van der Waals surface area contributed by atoms with Crippen LogP contribution in [-0.2, 0) is 16.6 Å². The largest absolute Gasteiger partial charge is 0.326 e. The van der Waals surface area contributed by atoms with Crippen molar-refractivity contribution in [3.63, 3.8) is 0 Å². The van der Waals surface area contributed by atoms with Crippen LogP contribution in [0.25, 0.3) is 0 Å². The van der Waals surface area contributed by atoms with Gasteiger partial charge in [0.1, 0.15) is 4.21 Å². The van der Waals surface area contributed by atoms with Gasteiger partial charge in [-0.05, 0) is 29.9 Å². The minimum absolute atomic E-state index is 0.0733. The van der Waals surface area contributed by atoms with Crippen LogP contribution in [0, 0.1) is 18.3 Å². The predicted octanol–water partition coefficient (Wildman–Crippen LogP) is 2.48. The van der Waals surface area contributed by atoms with Crippen molar-refractivity contribution in [2.45, 2.75) is 45.4 Å². The van der Waals surface area contributed by atoms with E-state index in [4.69, 9.17) is 5.73 Å². The van der Waals surface area contributed by atoms with Gasteiger partial charge in [0.15, 0.2) is 0 Å². The molecule has 0 aromatic carbocycles. The molecule has 3 N–H and O–H groups in total. The van der Waals surface area contributed by atoms with Crippen molar-refractivity contribution in [2.24, 2.45) is 17.1 Å². The second-order valence-electron chi connectivity index (χ2n) is 5.84. The van der Waals surface area contributed by atoms with Gasteiger partial charge in [-0.15, -0.1) is 11.3 Å². The van der Waals surface area contributed by atoms with Crippen LogP contribution in [0.3, 0.4) is 0 Å². The highest BCUT2D eigenvalue weighted by atomic mass is 32.2. The van der Waals surface area contributed by atoms with E-state index in [2.05, 4.69) is 32.4 Å². The molecule has 0 spiro atoms. The molecule has 6 heteroatoms. The molecule has 1 aromatic heterocycles. The van der Waals surface area contributed by atoms with E-state index in [1.807, 2.05) is 6.92 Å². The summed E-state index contributed by atoms with van der Waals surface area (Å²) in [7, 11) is -3.43. The van der Waals surface area contributed by atoms with Gasteiger partial charge in [0, 0.05) is 18.0 Å². The van der Waals surface area contributed by atoms with Gasteiger partial charge in [0.2, 0.25) is 10.0 Å². The van der Waals surface area contributed by atoms with Gasteiger partial charge in [0.25, 0.3) is 0 Å². The Labute approximate surface area is 120 Å². The van der Waals surface area contributed by atoms with Crippen molar-refractivity contribution >= 4 is 21.4 Å². The zero-order chi connectivity index (χ0) is 14.8. The highest BCUT2D eigenvalue weighted by Gasteiger charge is 2.26. The Morgan fingerprint density at radius 1 is 1.42 bits per heavy atom. The summed E-state index contributed by atoms with van der Waals surface area (Å²) in [4.78, 5) is 0.920. The molecule has 0 bridgehead atoms. The van der Waals surface area contributed by atoms with Crippen LogP contribution >= 0.6 is 11.3 Å². The second-order valence-corrected chi connectivity index (χ2v) is 8.97. The number of rotatable bonds is 6. The quantitative estimate of drug-likeness (QED) is 0.848. The van der Waals surface area contributed by atoms with E-state index < -0.39 is 10.0 Å². The van der Waals surface area contributed by atoms with Crippen LogP contribution < -0.4 is 10.5 Å². The van der Waals surface area contributed by atoms with Crippen molar-refractivity contribution in [1.29, 1.82) is 0 Å². The molecule has 0 amide bonds. The Hall–Kier alpha value is -0.430. The fourth-order valence-corrected chi connectivity index (χ4v) is 4.12. The smallest absolute Gasteiger partial charge is 0.250 e. The standard InChI is InChI=1S/C13H24N2O2S2/c1-9(2)13(4,5)8-15-19(16,17)12-6-10(3)11(7-14)18-12/h6,9,15H,7-8,14H2,1-5H3. The zero-order valence-corrected chi connectivity index (χ0v) is 13.9. The first-order valence-electron chi connectivity index (χ1n) is 6.39. The van der Waals surface area contributed by atoms with Gasteiger partial charge in [-0.3, -0.25) is 0 Å². The van der Waals surface area contributed by atoms with E-state index in [1.165, 1.54) is 11.3 Å². The summed E-state index contributed by atoms with van der Waals surface area (Å²) in [6.07, 6.45) is 0. The lowest BCUT2D eigenvalue weighted by Crippen LogP contribution is -2.36. The molecule has 1 aromatic rings. The Kier molecular flexibility index (Phi) is 5.17. The molecule has 0 saturated carbocycles. The normalized spacial score (nSPS) is 13.2. The molecule has 0 radical (unpaired) electrons. The number of hydrogen-bond acceptors (Lipinski definition) is 4. The van der Waals surface area contributed by atoms with E-state index in [-0.39, 0.29) is 5.41 Å². The summed E-state index contributed by atoms with van der Waals surface area (Å²) < 4.78 is 27.5. The third-order valence-corrected chi connectivity index (χ3v) is 6.86. The highest BCUT2D eigenvalue weighted by molar-refractivity contribution is 7.91. The van der Waals surface area contributed by atoms with Crippen molar-refractivity contribution < 1.29 is 8.42 Å². The summed E-state index contributed by atoms with van der Waals surface area (Å²) in [6, 6.07) is 1.69. The van der Waals surface area contributed by atoms with Gasteiger partial charge in [-0.1, -0.05) is 27.7 Å². The van der Waals surface area contributed by atoms with Crippen molar-refractivity contribution in [3.8, 4) is 0 Å². The summed E-state index contributed by atoms with van der Waals surface area (Å²) in [5, 5.41) is 0. The summed E-state index contributed by atoms with van der Waals surface area (Å²) in [6.45, 7) is 11.0. The van der Waals surface area contributed by atoms with Crippen molar-refractivity contribution in [1.82, 2.24) is 4.72 Å². The van der Waals surface area contributed by atoms with E-state index in [0.29, 0.717) is 23.2 Å². The number of thiophene rings is 1. The van der Waals surface area contributed by atoms with Crippen LogP contribution in [0.2, 0.25) is 0 Å². The lowest BCUT2D eigenvalue weighted by molar-refractivity contribution is 0.252. The summed E-state index contributed by atoms with van der Waals surface area (Å²) >= 11 is 1.25. The average Bonchev–Trinajstić information content (AvgIpc) is 2.69. The maximum atomic E-state index is 12.2. The molecule has 1 rings (SSSR count). The number of sulfonamides is 1. The summed E-state index contributed by atoms with van der Waals surface area (Å²) in [5.74, 6) is 0.403. The van der Waals surface area contributed by atoms with E-state index >= 15 is 0 Å². The second kappa shape index (κ2) is 5.91. The SMILES string of the molecule is Cc1cc(S(=O)(=O)NCC(C)(C)C(C)C)sc1CN. The van der Waals surface area contributed by atoms with Crippen LogP contribution in [0.5, 0.6) is 0 Å². The first-order valence-corrected chi connectivity index (χ1v) is 8.69. The minimum atomic E-state index is -3.43. The Balaban J connectivity index is 2.87. The molecule has 0 unspecified atom stereocenters. The molecule has 4 nitrogen and oxygen atoms in total. The van der Waals surface area contributed by atoms with E-state index in [1.54, 1.807) is 6.07 Å². The molecular weight excluding hydrogens is 280 g/mol. The number of aryl methyl sites for hydroxylation is 1. The van der Waals surface area contributed by atoms with Gasteiger partial charge in [0.05, 0.1) is 0 Å². The zero-order valence-electron chi connectivity index (χ0n) is 12.3. The third-order valence-electron chi connectivity index (χ3n) is 3.73. The molecule has 0 fully saturated rings. The lowest BCUT2D eigenvalue weighted by Gasteiger charge is -2.29. The first-order chi connectivity index (χ1) is 8.60. The number of hydrogen-bond donors (Lipinski definition) is 2. The number of nitrogens with one attached hydrogen (secondary N) is 1. The topological polar surface area (TPSA) is 72.2 Å². The summed E-state index contributed by atoms with van der Waals surface area (Å²) in [5.41, 5.74) is 6.45. The molecule has 19 heavy (non-hydrogen) atoms. The van der Waals surface area contributed by atoms with Gasteiger partial charge in [-0.2, -0.15) is 0 Å². The van der Waals surface area contributed by atoms with Crippen LogP contribution in [-0.4, -0.2) is 15.0 Å². The van der Waals surface area contributed by atoms with Gasteiger partial charge < -0.3 is 5.73 Å². The maximum Gasteiger partial charge on any atom is 0.250 e. The minimum Gasteiger partial charge on any atom is -0.326 e. The molecular formula is C13H24N2O2S2. The van der Waals surface area contributed by atoms with Crippen LogP contribution in [0.1, 0.15) is 38.1 Å². The predicted molar refractivity (Wildman–Crippen MR) is 80.8 cm³/mol. The highest BCUT2D eigenvalue weighted by Crippen LogP contribution is 2.28. The first kappa shape index (κ1) is 16.6. The molecule has 0 atom stereocenters. The fourth-order valence-electron chi connectivity index (χ4n) is 1.38. The fraction of sp³-hybridized carbons (Fsp3) is 0.692.